The van der Waals surface area contributed by atoms with Crippen LogP contribution < -0.4 is 0 Å². The van der Waals surface area contributed by atoms with Crippen molar-refractivity contribution in [1.82, 2.24) is 0 Å². The fraction of sp³-hybridized carbons (Fsp3) is 0.286. The number of unbranched alkanes of at least 4 members (excludes halogenated alkanes) is 2. The highest BCUT2D eigenvalue weighted by atomic mass is 16.3. The van der Waals surface area contributed by atoms with Crippen molar-refractivity contribution in [3.8, 4) is 12.3 Å². The van der Waals surface area contributed by atoms with Gasteiger partial charge < -0.3 is 4.42 Å². The Morgan fingerprint density at radius 2 is 2.07 bits per heavy atom. The summed E-state index contributed by atoms with van der Waals surface area (Å²) in [5, 5.41) is 1.18. The molecule has 1 nitrogen and oxygen atoms in total. The average Bonchev–Trinajstić information content (AvgIpc) is 2.67. The highest BCUT2D eigenvalue weighted by Gasteiger charge is 2.01. The van der Waals surface area contributed by atoms with E-state index < -0.39 is 0 Å². The predicted molar refractivity (Wildman–Crippen MR) is 62.6 cm³/mol. The van der Waals surface area contributed by atoms with E-state index in [4.69, 9.17) is 10.8 Å². The Balaban J connectivity index is 2.00. The van der Waals surface area contributed by atoms with E-state index in [9.17, 15) is 0 Å². The summed E-state index contributed by atoms with van der Waals surface area (Å²) in [5.74, 6) is 3.71. The van der Waals surface area contributed by atoms with Crippen molar-refractivity contribution in [3.63, 3.8) is 0 Å². The van der Waals surface area contributed by atoms with Crippen molar-refractivity contribution in [2.45, 2.75) is 25.7 Å². The summed E-state index contributed by atoms with van der Waals surface area (Å²) in [6.07, 6.45) is 9.22. The maximum Gasteiger partial charge on any atom is 0.134 e. The molecular formula is C14H14O. The van der Waals surface area contributed by atoms with E-state index in [1.54, 1.807) is 0 Å². The second-order valence-electron chi connectivity index (χ2n) is 3.66. The summed E-state index contributed by atoms with van der Waals surface area (Å²) >= 11 is 0. The third kappa shape index (κ3) is 2.41. The number of aryl methyl sites for hydroxylation is 1. The van der Waals surface area contributed by atoms with Crippen molar-refractivity contribution >= 4 is 11.0 Å². The van der Waals surface area contributed by atoms with Gasteiger partial charge in [-0.1, -0.05) is 18.2 Å². The molecule has 0 saturated heterocycles. The predicted octanol–water partition coefficient (Wildman–Crippen LogP) is 3.78. The van der Waals surface area contributed by atoms with E-state index in [-0.39, 0.29) is 0 Å². The van der Waals surface area contributed by atoms with Crippen LogP contribution >= 0.6 is 0 Å². The van der Waals surface area contributed by atoms with Gasteiger partial charge in [-0.15, -0.1) is 12.3 Å². The van der Waals surface area contributed by atoms with Gasteiger partial charge in [-0.2, -0.15) is 0 Å². The molecule has 1 aromatic heterocycles. The number of fused-ring (bicyclic) bond motifs is 1. The quantitative estimate of drug-likeness (QED) is 0.538. The van der Waals surface area contributed by atoms with Gasteiger partial charge in [0, 0.05) is 18.2 Å². The van der Waals surface area contributed by atoms with E-state index >= 15 is 0 Å². The molecule has 2 aromatic rings. The lowest BCUT2D eigenvalue weighted by Crippen LogP contribution is -1.81. The molecule has 0 amide bonds. The summed E-state index contributed by atoms with van der Waals surface area (Å²) in [4.78, 5) is 0. The number of terminal acetylenes is 1. The fourth-order valence-corrected chi connectivity index (χ4v) is 1.69. The highest BCUT2D eigenvalue weighted by Crippen LogP contribution is 2.20. The Kier molecular flexibility index (Phi) is 3.09. The summed E-state index contributed by atoms with van der Waals surface area (Å²) in [6.45, 7) is 0. The summed E-state index contributed by atoms with van der Waals surface area (Å²) in [6, 6.07) is 10.2. The minimum atomic E-state index is 0.861. The standard InChI is InChI=1S/C14H14O/c1-2-3-4-5-9-13-11-12-8-6-7-10-14(12)15-13/h1,6-8,10-11H,3-5,9H2. The number of furan rings is 1. The molecule has 1 heteroatoms. The van der Waals surface area contributed by atoms with Gasteiger partial charge in [-0.3, -0.25) is 0 Å². The van der Waals surface area contributed by atoms with Gasteiger partial charge in [-0.25, -0.2) is 0 Å². The molecule has 0 spiro atoms. The van der Waals surface area contributed by atoms with E-state index in [0.29, 0.717) is 0 Å². The molecule has 1 heterocycles. The van der Waals surface area contributed by atoms with Gasteiger partial charge in [0.2, 0.25) is 0 Å². The summed E-state index contributed by atoms with van der Waals surface area (Å²) < 4.78 is 5.70. The topological polar surface area (TPSA) is 13.1 Å². The summed E-state index contributed by atoms with van der Waals surface area (Å²) in [5.41, 5.74) is 0.976. The molecule has 76 valence electrons. The Bertz CT molecular complexity index is 440. The van der Waals surface area contributed by atoms with E-state index in [0.717, 1.165) is 37.0 Å². The van der Waals surface area contributed by atoms with Crippen LogP contribution in [-0.4, -0.2) is 0 Å². The lowest BCUT2D eigenvalue weighted by Gasteiger charge is -1.93. The molecule has 0 fully saturated rings. The molecule has 0 radical (unpaired) electrons. The van der Waals surface area contributed by atoms with Crippen molar-refractivity contribution in [3.05, 3.63) is 36.1 Å². The average molecular weight is 198 g/mol. The molecule has 15 heavy (non-hydrogen) atoms. The number of hydrogen-bond donors (Lipinski definition) is 0. The van der Waals surface area contributed by atoms with Crippen LogP contribution in [0.5, 0.6) is 0 Å². The molecular weight excluding hydrogens is 184 g/mol. The van der Waals surface area contributed by atoms with E-state index in [1.165, 1.54) is 5.39 Å². The second-order valence-corrected chi connectivity index (χ2v) is 3.66. The lowest BCUT2D eigenvalue weighted by atomic mass is 10.1. The smallest absolute Gasteiger partial charge is 0.134 e. The SMILES string of the molecule is C#CCCCCc1cc2ccccc2o1. The van der Waals surface area contributed by atoms with Crippen LogP contribution in [0.25, 0.3) is 11.0 Å². The molecule has 0 unspecified atom stereocenters. The second kappa shape index (κ2) is 4.70. The van der Waals surface area contributed by atoms with Crippen LogP contribution in [0.4, 0.5) is 0 Å². The zero-order valence-electron chi connectivity index (χ0n) is 8.70. The first kappa shape index (κ1) is 9.86. The number of benzene rings is 1. The fourth-order valence-electron chi connectivity index (χ4n) is 1.69. The van der Waals surface area contributed by atoms with Crippen molar-refractivity contribution in [2.24, 2.45) is 0 Å². The molecule has 0 N–H and O–H groups in total. The molecule has 0 aliphatic carbocycles. The first-order valence-electron chi connectivity index (χ1n) is 5.31. The van der Waals surface area contributed by atoms with E-state index in [2.05, 4.69) is 18.1 Å². The Morgan fingerprint density at radius 3 is 2.87 bits per heavy atom. The van der Waals surface area contributed by atoms with Crippen molar-refractivity contribution in [1.29, 1.82) is 0 Å². The molecule has 0 atom stereocenters. The molecule has 0 saturated carbocycles. The maximum absolute atomic E-state index is 5.70. The van der Waals surface area contributed by atoms with Gasteiger partial charge in [0.1, 0.15) is 11.3 Å². The van der Waals surface area contributed by atoms with Gasteiger partial charge in [0.15, 0.2) is 0 Å². The zero-order valence-corrected chi connectivity index (χ0v) is 8.70. The largest absolute Gasteiger partial charge is 0.461 e. The van der Waals surface area contributed by atoms with Gasteiger partial charge in [-0.05, 0) is 25.0 Å². The van der Waals surface area contributed by atoms with Gasteiger partial charge in [0.05, 0.1) is 0 Å². The normalized spacial score (nSPS) is 10.3. The maximum atomic E-state index is 5.70. The minimum absolute atomic E-state index is 0.861. The molecule has 0 aliphatic heterocycles. The van der Waals surface area contributed by atoms with Crippen LogP contribution in [-0.2, 0) is 6.42 Å². The third-order valence-corrected chi connectivity index (χ3v) is 2.47. The van der Waals surface area contributed by atoms with Crippen molar-refractivity contribution < 1.29 is 4.42 Å². The first-order valence-corrected chi connectivity index (χ1v) is 5.31. The van der Waals surface area contributed by atoms with Crippen LogP contribution in [0.3, 0.4) is 0 Å². The Morgan fingerprint density at radius 1 is 1.20 bits per heavy atom. The zero-order chi connectivity index (χ0) is 10.5. The molecule has 1 aromatic carbocycles. The highest BCUT2D eigenvalue weighted by molar-refractivity contribution is 5.77. The number of para-hydroxylation sites is 1. The van der Waals surface area contributed by atoms with E-state index in [1.807, 2.05) is 18.2 Å². The number of hydrogen-bond acceptors (Lipinski definition) is 1. The lowest BCUT2D eigenvalue weighted by molar-refractivity contribution is 0.534. The monoisotopic (exact) mass is 198 g/mol. The minimum Gasteiger partial charge on any atom is -0.461 e. The molecule has 2 rings (SSSR count). The Hall–Kier alpha value is -1.68. The van der Waals surface area contributed by atoms with Crippen LogP contribution in [0.2, 0.25) is 0 Å². The van der Waals surface area contributed by atoms with Crippen molar-refractivity contribution in [2.75, 3.05) is 0 Å². The Labute approximate surface area is 90.1 Å². The third-order valence-electron chi connectivity index (χ3n) is 2.47. The molecule has 0 bridgehead atoms. The van der Waals surface area contributed by atoms with Crippen LogP contribution in [0.1, 0.15) is 25.0 Å². The molecule has 0 aliphatic rings. The first-order chi connectivity index (χ1) is 7.40. The van der Waals surface area contributed by atoms with Gasteiger partial charge in [0.25, 0.3) is 0 Å². The van der Waals surface area contributed by atoms with Crippen LogP contribution in [0, 0.1) is 12.3 Å². The number of rotatable bonds is 4. The van der Waals surface area contributed by atoms with Crippen LogP contribution in [0.15, 0.2) is 34.7 Å². The van der Waals surface area contributed by atoms with Gasteiger partial charge >= 0.3 is 0 Å². The summed E-state index contributed by atoms with van der Waals surface area (Å²) in [7, 11) is 0.